The molecule has 0 amide bonds. The molecule has 2 aliphatic rings. The van der Waals surface area contributed by atoms with Crippen LogP contribution in [0.5, 0.6) is 0 Å². The van der Waals surface area contributed by atoms with Crippen molar-refractivity contribution in [2.75, 3.05) is 0 Å². The standard InChI is InChI=1S/C26H38O2/c1-3-5-19-7-9-20(10-8-19)21-11-13-22(14-12-21)23-15-17-24(18-16-23)25(6-4-2)26(27)28/h4,7-10,21-25H,2-3,5-6,11-18H2,1H3,(H,27,28)/t21-,22-,23?,24?,25?. The number of benzene rings is 1. The highest BCUT2D eigenvalue weighted by Crippen LogP contribution is 2.45. The Balaban J connectivity index is 1.47. The van der Waals surface area contributed by atoms with Gasteiger partial charge >= 0.3 is 5.97 Å². The van der Waals surface area contributed by atoms with Crippen LogP contribution in [0, 0.1) is 23.7 Å². The summed E-state index contributed by atoms with van der Waals surface area (Å²) in [6, 6.07) is 9.39. The summed E-state index contributed by atoms with van der Waals surface area (Å²) in [5, 5.41) is 9.51. The lowest BCUT2D eigenvalue weighted by atomic mass is 9.66. The van der Waals surface area contributed by atoms with Crippen molar-refractivity contribution in [1.82, 2.24) is 0 Å². The van der Waals surface area contributed by atoms with E-state index in [1.165, 1.54) is 62.5 Å². The van der Waals surface area contributed by atoms with Crippen LogP contribution in [-0.4, -0.2) is 11.1 Å². The predicted molar refractivity (Wildman–Crippen MR) is 117 cm³/mol. The number of carboxylic acid groups (broad SMARTS) is 1. The topological polar surface area (TPSA) is 37.3 Å². The third-order valence-electron chi connectivity index (χ3n) is 7.55. The molecule has 28 heavy (non-hydrogen) atoms. The molecule has 2 saturated carbocycles. The van der Waals surface area contributed by atoms with E-state index in [0.717, 1.165) is 30.6 Å². The van der Waals surface area contributed by atoms with Crippen LogP contribution in [0.1, 0.15) is 88.2 Å². The van der Waals surface area contributed by atoms with E-state index in [-0.39, 0.29) is 5.92 Å². The molecule has 0 heterocycles. The van der Waals surface area contributed by atoms with E-state index in [9.17, 15) is 9.90 Å². The van der Waals surface area contributed by atoms with Gasteiger partial charge in [0, 0.05) is 0 Å². The van der Waals surface area contributed by atoms with Crippen molar-refractivity contribution in [3.05, 3.63) is 48.0 Å². The zero-order chi connectivity index (χ0) is 19.9. The lowest BCUT2D eigenvalue weighted by molar-refractivity contribution is -0.144. The Hall–Kier alpha value is -1.57. The molecule has 1 aromatic carbocycles. The molecule has 2 nitrogen and oxygen atoms in total. The molecule has 154 valence electrons. The zero-order valence-electron chi connectivity index (χ0n) is 17.6. The maximum Gasteiger partial charge on any atom is 0.307 e. The van der Waals surface area contributed by atoms with Crippen molar-refractivity contribution >= 4 is 5.97 Å². The van der Waals surface area contributed by atoms with Crippen molar-refractivity contribution in [3.63, 3.8) is 0 Å². The van der Waals surface area contributed by atoms with Gasteiger partial charge in [0.15, 0.2) is 0 Å². The van der Waals surface area contributed by atoms with Crippen LogP contribution in [0.25, 0.3) is 0 Å². The van der Waals surface area contributed by atoms with Crippen LogP contribution in [0.3, 0.4) is 0 Å². The first-order chi connectivity index (χ1) is 13.6. The van der Waals surface area contributed by atoms with Gasteiger partial charge in [-0.2, -0.15) is 0 Å². The Morgan fingerprint density at radius 2 is 1.61 bits per heavy atom. The molecule has 1 atom stereocenters. The minimum Gasteiger partial charge on any atom is -0.481 e. The molecule has 0 aromatic heterocycles. The third kappa shape index (κ3) is 5.27. The van der Waals surface area contributed by atoms with Crippen molar-refractivity contribution in [2.24, 2.45) is 23.7 Å². The molecule has 2 aliphatic carbocycles. The van der Waals surface area contributed by atoms with Gasteiger partial charge in [0.1, 0.15) is 0 Å². The third-order valence-corrected chi connectivity index (χ3v) is 7.55. The lowest BCUT2D eigenvalue weighted by Gasteiger charge is -2.39. The summed E-state index contributed by atoms with van der Waals surface area (Å²) in [6.45, 7) is 5.99. The van der Waals surface area contributed by atoms with Crippen LogP contribution in [-0.2, 0) is 11.2 Å². The molecule has 0 saturated heterocycles. The molecule has 0 radical (unpaired) electrons. The first kappa shape index (κ1) is 21.1. The fourth-order valence-electron chi connectivity index (χ4n) is 5.86. The van der Waals surface area contributed by atoms with Crippen LogP contribution < -0.4 is 0 Å². The highest BCUT2D eigenvalue weighted by molar-refractivity contribution is 5.70. The summed E-state index contributed by atoms with van der Waals surface area (Å²) in [5.41, 5.74) is 3.00. The summed E-state index contributed by atoms with van der Waals surface area (Å²) in [5.74, 6) is 1.93. The second-order valence-corrected chi connectivity index (χ2v) is 9.25. The van der Waals surface area contributed by atoms with E-state index >= 15 is 0 Å². The number of aliphatic carboxylic acids is 1. The average Bonchev–Trinajstić information content (AvgIpc) is 2.73. The molecule has 1 N–H and O–H groups in total. The highest BCUT2D eigenvalue weighted by atomic mass is 16.4. The molecule has 2 heteroatoms. The van der Waals surface area contributed by atoms with Gasteiger partial charge in [-0.25, -0.2) is 0 Å². The monoisotopic (exact) mass is 382 g/mol. The number of aryl methyl sites for hydroxylation is 1. The SMILES string of the molecule is C=CCC(C(=O)O)C1CCC([C@H]2CC[C@H](c3ccc(CCC)cc3)CC2)CC1. The minimum atomic E-state index is -0.631. The average molecular weight is 383 g/mol. The second kappa shape index (κ2) is 10.3. The lowest BCUT2D eigenvalue weighted by Crippen LogP contribution is -2.30. The van der Waals surface area contributed by atoms with Gasteiger partial charge in [0.25, 0.3) is 0 Å². The van der Waals surface area contributed by atoms with Crippen molar-refractivity contribution in [1.29, 1.82) is 0 Å². The van der Waals surface area contributed by atoms with E-state index in [2.05, 4.69) is 37.8 Å². The Bertz CT molecular complexity index is 616. The first-order valence-corrected chi connectivity index (χ1v) is 11.5. The maximum absolute atomic E-state index is 11.6. The minimum absolute atomic E-state index is 0.218. The molecular weight excluding hydrogens is 344 g/mol. The Morgan fingerprint density at radius 3 is 2.11 bits per heavy atom. The largest absolute Gasteiger partial charge is 0.481 e. The van der Waals surface area contributed by atoms with Crippen LogP contribution in [0.4, 0.5) is 0 Å². The van der Waals surface area contributed by atoms with E-state index < -0.39 is 5.97 Å². The Kier molecular flexibility index (Phi) is 7.76. The highest BCUT2D eigenvalue weighted by Gasteiger charge is 2.35. The van der Waals surface area contributed by atoms with E-state index in [1.807, 2.05) is 0 Å². The maximum atomic E-state index is 11.6. The van der Waals surface area contributed by atoms with Gasteiger partial charge in [0.2, 0.25) is 0 Å². The van der Waals surface area contributed by atoms with Gasteiger partial charge < -0.3 is 5.11 Å². The summed E-state index contributed by atoms with van der Waals surface area (Å²) in [4.78, 5) is 11.6. The van der Waals surface area contributed by atoms with Crippen molar-refractivity contribution in [3.8, 4) is 0 Å². The van der Waals surface area contributed by atoms with E-state index in [0.29, 0.717) is 12.3 Å². The fraction of sp³-hybridized carbons (Fsp3) is 0.654. The first-order valence-electron chi connectivity index (χ1n) is 11.5. The van der Waals surface area contributed by atoms with Gasteiger partial charge in [-0.1, -0.05) is 43.7 Å². The summed E-state index contributed by atoms with van der Waals surface area (Å²) < 4.78 is 0. The molecule has 1 unspecified atom stereocenters. The molecule has 0 aliphatic heterocycles. The van der Waals surface area contributed by atoms with Crippen molar-refractivity contribution in [2.45, 2.75) is 83.5 Å². The normalized spacial score (nSPS) is 29.2. The number of carbonyl (C=O) groups is 1. The van der Waals surface area contributed by atoms with Gasteiger partial charge in [-0.15, -0.1) is 6.58 Å². The number of carboxylic acids is 1. The van der Waals surface area contributed by atoms with Crippen LogP contribution in [0.2, 0.25) is 0 Å². The molecule has 1 aromatic rings. The van der Waals surface area contributed by atoms with Crippen LogP contribution >= 0.6 is 0 Å². The summed E-state index contributed by atoms with van der Waals surface area (Å²) in [7, 11) is 0. The molecule has 2 fully saturated rings. The Labute approximate surface area is 171 Å². The number of hydrogen-bond acceptors (Lipinski definition) is 1. The van der Waals surface area contributed by atoms with E-state index in [1.54, 1.807) is 6.08 Å². The molecule has 0 bridgehead atoms. The van der Waals surface area contributed by atoms with Crippen LogP contribution in [0.15, 0.2) is 36.9 Å². The van der Waals surface area contributed by atoms with Crippen molar-refractivity contribution < 1.29 is 9.90 Å². The predicted octanol–water partition coefficient (Wildman–Crippen LogP) is 7.00. The van der Waals surface area contributed by atoms with Gasteiger partial charge in [-0.05, 0) is 99.0 Å². The summed E-state index contributed by atoms with van der Waals surface area (Å²) >= 11 is 0. The fourth-order valence-corrected chi connectivity index (χ4v) is 5.86. The van der Waals surface area contributed by atoms with Gasteiger partial charge in [0.05, 0.1) is 5.92 Å². The zero-order valence-corrected chi connectivity index (χ0v) is 17.6. The number of allylic oxidation sites excluding steroid dienone is 1. The summed E-state index contributed by atoms with van der Waals surface area (Å²) in [6.07, 6.45) is 14.8. The Morgan fingerprint density at radius 1 is 1.04 bits per heavy atom. The number of hydrogen-bond donors (Lipinski definition) is 1. The molecule has 0 spiro atoms. The number of rotatable bonds is 8. The second-order valence-electron chi connectivity index (χ2n) is 9.25. The molecular formula is C26H38O2. The molecule has 3 rings (SSSR count). The van der Waals surface area contributed by atoms with Gasteiger partial charge in [-0.3, -0.25) is 4.79 Å². The van der Waals surface area contributed by atoms with E-state index in [4.69, 9.17) is 0 Å². The quantitative estimate of drug-likeness (QED) is 0.492. The smallest absolute Gasteiger partial charge is 0.307 e.